The summed E-state index contributed by atoms with van der Waals surface area (Å²) in [6, 6.07) is 11.3. The summed E-state index contributed by atoms with van der Waals surface area (Å²) in [6.45, 7) is 5.34. The molecule has 1 aromatic carbocycles. The second kappa shape index (κ2) is 5.41. The van der Waals surface area contributed by atoms with Crippen LogP contribution in [0, 0.1) is 12.8 Å². The number of hydrogen-bond acceptors (Lipinski definition) is 2. The molecular weight excluding hydrogens is 246 g/mol. The maximum Gasteiger partial charge on any atom is 0.0540 e. The molecule has 3 atom stereocenters. The number of rotatable bonds is 5. The van der Waals surface area contributed by atoms with E-state index in [-0.39, 0.29) is 0 Å². The lowest BCUT2D eigenvalue weighted by molar-refractivity contribution is 0.484. The predicted molar refractivity (Wildman–Crippen MR) is 81.7 cm³/mol. The van der Waals surface area contributed by atoms with Crippen molar-refractivity contribution in [2.45, 2.75) is 32.2 Å². The minimum atomic E-state index is 0.430. The van der Waals surface area contributed by atoms with Crippen LogP contribution in [0.1, 0.15) is 42.1 Å². The molecule has 0 amide bonds. The highest BCUT2D eigenvalue weighted by Gasteiger charge is 2.44. The van der Waals surface area contributed by atoms with Gasteiger partial charge in [0.15, 0.2) is 0 Å². The molecule has 3 unspecified atom stereocenters. The van der Waals surface area contributed by atoms with E-state index in [4.69, 9.17) is 0 Å². The van der Waals surface area contributed by atoms with Crippen molar-refractivity contribution in [2.75, 3.05) is 6.54 Å². The van der Waals surface area contributed by atoms with Crippen molar-refractivity contribution < 1.29 is 0 Å². The third-order valence-corrected chi connectivity index (χ3v) is 4.53. The molecule has 106 valence electrons. The van der Waals surface area contributed by atoms with Gasteiger partial charge < -0.3 is 5.32 Å². The van der Waals surface area contributed by atoms with Crippen LogP contribution in [0.3, 0.4) is 0 Å². The summed E-state index contributed by atoms with van der Waals surface area (Å²) in [7, 11) is 2.02. The van der Waals surface area contributed by atoms with Gasteiger partial charge in [-0.25, -0.2) is 0 Å². The maximum atomic E-state index is 4.40. The summed E-state index contributed by atoms with van der Waals surface area (Å²) in [5.74, 6) is 1.39. The second-order valence-electron chi connectivity index (χ2n) is 5.76. The first-order chi connectivity index (χ1) is 9.72. The Labute approximate surface area is 121 Å². The van der Waals surface area contributed by atoms with Gasteiger partial charge in [0.25, 0.3) is 0 Å². The van der Waals surface area contributed by atoms with Crippen LogP contribution < -0.4 is 5.32 Å². The number of aryl methyl sites for hydroxylation is 1. The van der Waals surface area contributed by atoms with Gasteiger partial charge >= 0.3 is 0 Å². The average molecular weight is 269 g/mol. The molecule has 0 spiro atoms. The summed E-state index contributed by atoms with van der Waals surface area (Å²) >= 11 is 0. The van der Waals surface area contributed by atoms with Gasteiger partial charge in [0.1, 0.15) is 0 Å². The van der Waals surface area contributed by atoms with Crippen LogP contribution in [0.5, 0.6) is 0 Å². The Morgan fingerprint density at radius 2 is 2.10 bits per heavy atom. The van der Waals surface area contributed by atoms with Crippen LogP contribution in [0.2, 0.25) is 0 Å². The lowest BCUT2D eigenvalue weighted by Crippen LogP contribution is -2.23. The van der Waals surface area contributed by atoms with E-state index < -0.39 is 0 Å². The molecule has 0 radical (unpaired) electrons. The summed E-state index contributed by atoms with van der Waals surface area (Å²) < 4.78 is 1.97. The summed E-state index contributed by atoms with van der Waals surface area (Å²) in [5, 5.41) is 8.07. The van der Waals surface area contributed by atoms with Crippen molar-refractivity contribution in [1.82, 2.24) is 15.1 Å². The molecule has 1 aliphatic rings. The summed E-state index contributed by atoms with van der Waals surface area (Å²) in [5.41, 5.74) is 4.11. The molecule has 1 N–H and O–H groups in total. The Morgan fingerprint density at radius 3 is 2.70 bits per heavy atom. The maximum absolute atomic E-state index is 4.40. The van der Waals surface area contributed by atoms with E-state index in [1.54, 1.807) is 0 Å². The molecule has 2 aromatic rings. The number of nitrogens with one attached hydrogen (secondary N) is 1. The molecule has 1 aliphatic carbocycles. The lowest BCUT2D eigenvalue weighted by atomic mass is 9.99. The molecule has 20 heavy (non-hydrogen) atoms. The van der Waals surface area contributed by atoms with E-state index >= 15 is 0 Å². The van der Waals surface area contributed by atoms with Crippen molar-refractivity contribution in [3.8, 4) is 0 Å². The van der Waals surface area contributed by atoms with E-state index in [2.05, 4.69) is 54.6 Å². The van der Waals surface area contributed by atoms with Crippen molar-refractivity contribution in [2.24, 2.45) is 13.0 Å². The first-order valence-electron chi connectivity index (χ1n) is 7.49. The smallest absolute Gasteiger partial charge is 0.0540 e. The van der Waals surface area contributed by atoms with E-state index in [1.807, 2.05) is 17.9 Å². The van der Waals surface area contributed by atoms with Crippen LogP contribution in [0.15, 0.2) is 36.5 Å². The summed E-state index contributed by atoms with van der Waals surface area (Å²) in [4.78, 5) is 0. The van der Waals surface area contributed by atoms with Gasteiger partial charge in [0.2, 0.25) is 0 Å². The van der Waals surface area contributed by atoms with Crippen LogP contribution in [-0.4, -0.2) is 16.3 Å². The van der Waals surface area contributed by atoms with Crippen LogP contribution in [0.4, 0.5) is 0 Å². The summed E-state index contributed by atoms with van der Waals surface area (Å²) in [6.07, 6.45) is 3.30. The Morgan fingerprint density at radius 1 is 1.35 bits per heavy atom. The zero-order chi connectivity index (χ0) is 14.1. The third-order valence-electron chi connectivity index (χ3n) is 4.53. The Balaban J connectivity index is 1.81. The SMILES string of the molecule is CCNC(c1cnn(C)c1C)C1CC1c1ccccc1. The van der Waals surface area contributed by atoms with E-state index in [1.165, 1.54) is 23.2 Å². The van der Waals surface area contributed by atoms with Crippen molar-refractivity contribution in [3.05, 3.63) is 53.3 Å². The first-order valence-corrected chi connectivity index (χ1v) is 7.49. The fraction of sp³-hybridized carbons (Fsp3) is 0.471. The van der Waals surface area contributed by atoms with Crippen LogP contribution in [0.25, 0.3) is 0 Å². The molecular formula is C17H23N3. The van der Waals surface area contributed by atoms with Gasteiger partial charge in [-0.1, -0.05) is 37.3 Å². The van der Waals surface area contributed by atoms with Gasteiger partial charge in [-0.15, -0.1) is 0 Å². The van der Waals surface area contributed by atoms with E-state index in [0.717, 1.165) is 6.54 Å². The third kappa shape index (κ3) is 2.38. The lowest BCUT2D eigenvalue weighted by Gasteiger charge is -2.18. The highest BCUT2D eigenvalue weighted by atomic mass is 15.3. The standard InChI is InChI=1S/C17H23N3/c1-4-18-17(16-11-19-20(3)12(16)2)15-10-14(15)13-8-6-5-7-9-13/h5-9,11,14-15,17-18H,4,10H2,1-3H3. The van der Waals surface area contributed by atoms with Gasteiger partial charge in [-0.2, -0.15) is 5.10 Å². The number of nitrogens with zero attached hydrogens (tertiary/aromatic N) is 2. The first kappa shape index (κ1) is 13.4. The van der Waals surface area contributed by atoms with E-state index in [9.17, 15) is 0 Å². The quantitative estimate of drug-likeness (QED) is 0.903. The average Bonchev–Trinajstić information content (AvgIpc) is 3.20. The normalized spacial score (nSPS) is 22.8. The molecule has 1 aromatic heterocycles. The van der Waals surface area contributed by atoms with Crippen molar-refractivity contribution in [1.29, 1.82) is 0 Å². The number of hydrogen-bond donors (Lipinski definition) is 1. The minimum absolute atomic E-state index is 0.430. The molecule has 3 rings (SSSR count). The van der Waals surface area contributed by atoms with Crippen LogP contribution in [-0.2, 0) is 7.05 Å². The second-order valence-corrected chi connectivity index (χ2v) is 5.76. The largest absolute Gasteiger partial charge is 0.310 e. The Kier molecular flexibility index (Phi) is 3.62. The zero-order valence-corrected chi connectivity index (χ0v) is 12.5. The van der Waals surface area contributed by atoms with Gasteiger partial charge in [0.05, 0.1) is 6.20 Å². The fourth-order valence-electron chi connectivity index (χ4n) is 3.20. The molecule has 1 saturated carbocycles. The molecule has 0 aliphatic heterocycles. The number of aromatic nitrogens is 2. The van der Waals surface area contributed by atoms with Crippen molar-refractivity contribution >= 4 is 0 Å². The predicted octanol–water partition coefficient (Wildman–Crippen LogP) is 3.18. The van der Waals surface area contributed by atoms with Gasteiger partial charge in [-0.05, 0) is 37.3 Å². The molecule has 3 heteroatoms. The molecule has 1 fully saturated rings. The topological polar surface area (TPSA) is 29.9 Å². The van der Waals surface area contributed by atoms with Gasteiger partial charge in [-0.3, -0.25) is 4.68 Å². The van der Waals surface area contributed by atoms with Crippen LogP contribution >= 0.6 is 0 Å². The highest BCUT2D eigenvalue weighted by Crippen LogP contribution is 2.54. The number of benzene rings is 1. The molecule has 1 heterocycles. The monoisotopic (exact) mass is 269 g/mol. The van der Waals surface area contributed by atoms with Gasteiger partial charge in [0, 0.05) is 24.3 Å². The molecule has 0 saturated heterocycles. The Hall–Kier alpha value is -1.61. The van der Waals surface area contributed by atoms with Crippen molar-refractivity contribution in [3.63, 3.8) is 0 Å². The molecule has 0 bridgehead atoms. The zero-order valence-electron chi connectivity index (χ0n) is 12.5. The highest BCUT2D eigenvalue weighted by molar-refractivity contribution is 5.31. The fourth-order valence-corrected chi connectivity index (χ4v) is 3.20. The minimum Gasteiger partial charge on any atom is -0.310 e. The Bertz CT molecular complexity index is 573. The van der Waals surface area contributed by atoms with E-state index in [0.29, 0.717) is 17.9 Å². The molecule has 3 nitrogen and oxygen atoms in total.